The molecule has 2 aromatic carbocycles. The average molecular weight is 385 g/mol. The number of rotatable bonds is 6. The van der Waals surface area contributed by atoms with Crippen LogP contribution in [0.3, 0.4) is 0 Å². The summed E-state index contributed by atoms with van der Waals surface area (Å²) in [7, 11) is 5.65. The van der Waals surface area contributed by atoms with Crippen LogP contribution in [0.15, 0.2) is 36.4 Å². The number of ether oxygens (including phenoxy) is 2. The summed E-state index contributed by atoms with van der Waals surface area (Å²) in [4.78, 5) is 4.39. The van der Waals surface area contributed by atoms with Gasteiger partial charge in [-0.25, -0.2) is 0 Å². The van der Waals surface area contributed by atoms with E-state index < -0.39 is 5.60 Å². The zero-order valence-corrected chi connectivity index (χ0v) is 17.7. The zero-order chi connectivity index (χ0) is 20.3. The third-order valence-corrected chi connectivity index (χ3v) is 5.23. The molecule has 1 aliphatic rings. The monoisotopic (exact) mass is 384 g/mol. The second kappa shape index (κ2) is 8.52. The molecule has 3 rings (SSSR count). The van der Waals surface area contributed by atoms with Crippen molar-refractivity contribution >= 4 is 0 Å². The predicted octanol–water partition coefficient (Wildman–Crippen LogP) is 3.17. The standard InChI is InChI=1S/C23H32N2O3/c1-17-12-18(6-8-21(17)27-5)14-25-10-11-28-22-9-7-20(13-19(22)15-25)23(2,26)16-24(3)4/h6-9,12-13,26H,10-11,14-16H2,1-5H3/t23-/m0/s1. The fourth-order valence-corrected chi connectivity index (χ4v) is 3.92. The van der Waals surface area contributed by atoms with E-state index in [1.165, 1.54) is 5.56 Å². The molecule has 0 saturated carbocycles. The average Bonchev–Trinajstić information content (AvgIpc) is 2.81. The van der Waals surface area contributed by atoms with E-state index in [4.69, 9.17) is 9.47 Å². The molecule has 5 heteroatoms. The number of hydrogen-bond donors (Lipinski definition) is 1. The molecule has 0 spiro atoms. The van der Waals surface area contributed by atoms with E-state index >= 15 is 0 Å². The molecule has 0 aromatic heterocycles. The van der Waals surface area contributed by atoms with Gasteiger partial charge >= 0.3 is 0 Å². The third kappa shape index (κ3) is 4.85. The highest BCUT2D eigenvalue weighted by molar-refractivity contribution is 5.40. The molecule has 1 heterocycles. The van der Waals surface area contributed by atoms with Gasteiger partial charge in [0.1, 0.15) is 18.1 Å². The van der Waals surface area contributed by atoms with Crippen LogP contribution in [0.4, 0.5) is 0 Å². The van der Waals surface area contributed by atoms with Gasteiger partial charge in [-0.05, 0) is 62.8 Å². The van der Waals surface area contributed by atoms with Gasteiger partial charge in [-0.2, -0.15) is 0 Å². The SMILES string of the molecule is COc1ccc(CN2CCOc3ccc([C@@](C)(O)CN(C)C)cc3C2)cc1C. The van der Waals surface area contributed by atoms with Gasteiger partial charge in [0.15, 0.2) is 0 Å². The molecule has 0 radical (unpaired) electrons. The lowest BCUT2D eigenvalue weighted by molar-refractivity contribution is 0.0299. The Hall–Kier alpha value is -2.08. The zero-order valence-electron chi connectivity index (χ0n) is 17.7. The molecule has 0 fully saturated rings. The van der Waals surface area contributed by atoms with Crippen molar-refractivity contribution in [1.82, 2.24) is 9.80 Å². The van der Waals surface area contributed by atoms with Gasteiger partial charge in [0.05, 0.1) is 12.7 Å². The van der Waals surface area contributed by atoms with Gasteiger partial charge in [0.25, 0.3) is 0 Å². The van der Waals surface area contributed by atoms with Gasteiger partial charge in [0.2, 0.25) is 0 Å². The fourth-order valence-electron chi connectivity index (χ4n) is 3.92. The molecular formula is C23H32N2O3. The first-order chi connectivity index (χ1) is 13.3. The van der Waals surface area contributed by atoms with Crippen LogP contribution in [0.25, 0.3) is 0 Å². The molecular weight excluding hydrogens is 352 g/mol. The normalized spacial score (nSPS) is 16.8. The Morgan fingerprint density at radius 3 is 2.68 bits per heavy atom. The van der Waals surface area contributed by atoms with Gasteiger partial charge < -0.3 is 19.5 Å². The summed E-state index contributed by atoms with van der Waals surface area (Å²) in [6.45, 7) is 7.69. The predicted molar refractivity (Wildman–Crippen MR) is 112 cm³/mol. The highest BCUT2D eigenvalue weighted by Crippen LogP contribution is 2.30. The Kier molecular flexibility index (Phi) is 6.28. The Morgan fingerprint density at radius 2 is 2.00 bits per heavy atom. The fraction of sp³-hybridized carbons (Fsp3) is 0.478. The minimum Gasteiger partial charge on any atom is -0.496 e. The number of benzene rings is 2. The minimum absolute atomic E-state index is 0.571. The van der Waals surface area contributed by atoms with E-state index in [1.807, 2.05) is 44.1 Å². The van der Waals surface area contributed by atoms with Crippen molar-refractivity contribution < 1.29 is 14.6 Å². The number of hydrogen-bond acceptors (Lipinski definition) is 5. The van der Waals surface area contributed by atoms with E-state index in [1.54, 1.807) is 7.11 Å². The Balaban J connectivity index is 1.79. The first-order valence-corrected chi connectivity index (χ1v) is 9.77. The van der Waals surface area contributed by atoms with Crippen molar-refractivity contribution in [3.05, 3.63) is 58.7 Å². The molecule has 1 N–H and O–H groups in total. The van der Waals surface area contributed by atoms with E-state index in [2.05, 4.69) is 30.0 Å². The summed E-state index contributed by atoms with van der Waals surface area (Å²) in [5, 5.41) is 10.9. The number of fused-ring (bicyclic) bond motifs is 1. The molecule has 0 saturated heterocycles. The van der Waals surface area contributed by atoms with Gasteiger partial charge in [-0.3, -0.25) is 4.90 Å². The topological polar surface area (TPSA) is 45.2 Å². The first kappa shape index (κ1) is 20.6. The smallest absolute Gasteiger partial charge is 0.123 e. The molecule has 0 amide bonds. The van der Waals surface area contributed by atoms with Crippen LogP contribution in [0, 0.1) is 6.92 Å². The summed E-state index contributed by atoms with van der Waals surface area (Å²) in [5.41, 5.74) is 3.55. The van der Waals surface area contributed by atoms with E-state index in [0.717, 1.165) is 47.8 Å². The van der Waals surface area contributed by atoms with Gasteiger partial charge in [-0.15, -0.1) is 0 Å². The van der Waals surface area contributed by atoms with Crippen LogP contribution in [0.2, 0.25) is 0 Å². The van der Waals surface area contributed by atoms with Crippen LogP contribution in [0.1, 0.15) is 29.2 Å². The van der Waals surface area contributed by atoms with Crippen LogP contribution >= 0.6 is 0 Å². The highest BCUT2D eigenvalue weighted by Gasteiger charge is 2.26. The van der Waals surface area contributed by atoms with Crippen molar-refractivity contribution in [3.63, 3.8) is 0 Å². The number of nitrogens with zero attached hydrogens (tertiary/aromatic N) is 2. The molecule has 5 nitrogen and oxygen atoms in total. The molecule has 28 heavy (non-hydrogen) atoms. The summed E-state index contributed by atoms with van der Waals surface area (Å²) < 4.78 is 11.3. The number of methoxy groups -OCH3 is 1. The molecule has 1 aliphatic heterocycles. The van der Waals surface area contributed by atoms with E-state index in [-0.39, 0.29) is 0 Å². The van der Waals surface area contributed by atoms with Crippen molar-refractivity contribution in [2.75, 3.05) is 40.9 Å². The van der Waals surface area contributed by atoms with Gasteiger partial charge in [0, 0.05) is 31.7 Å². The van der Waals surface area contributed by atoms with Crippen molar-refractivity contribution in [3.8, 4) is 11.5 Å². The number of likely N-dealkylation sites (N-methyl/N-ethyl adjacent to an activating group) is 1. The lowest BCUT2D eigenvalue weighted by Crippen LogP contribution is -2.34. The second-order valence-corrected chi connectivity index (χ2v) is 8.20. The lowest BCUT2D eigenvalue weighted by Gasteiger charge is -2.28. The van der Waals surface area contributed by atoms with Crippen LogP contribution in [-0.2, 0) is 18.7 Å². The molecule has 0 bridgehead atoms. The van der Waals surface area contributed by atoms with E-state index in [9.17, 15) is 5.11 Å². The van der Waals surface area contributed by atoms with Crippen molar-refractivity contribution in [1.29, 1.82) is 0 Å². The first-order valence-electron chi connectivity index (χ1n) is 9.77. The number of aliphatic hydroxyl groups is 1. The molecule has 2 aromatic rings. The molecule has 0 aliphatic carbocycles. The Morgan fingerprint density at radius 1 is 1.21 bits per heavy atom. The Bertz CT molecular complexity index is 817. The second-order valence-electron chi connectivity index (χ2n) is 8.20. The summed E-state index contributed by atoms with van der Waals surface area (Å²) in [6.07, 6.45) is 0. The Labute approximate surface area is 168 Å². The molecule has 0 unspecified atom stereocenters. The minimum atomic E-state index is -0.900. The maximum absolute atomic E-state index is 10.9. The third-order valence-electron chi connectivity index (χ3n) is 5.23. The molecule has 1 atom stereocenters. The lowest BCUT2D eigenvalue weighted by atomic mass is 9.93. The maximum atomic E-state index is 10.9. The quantitative estimate of drug-likeness (QED) is 0.829. The van der Waals surface area contributed by atoms with E-state index in [0.29, 0.717) is 13.2 Å². The van der Waals surface area contributed by atoms with Crippen LogP contribution < -0.4 is 9.47 Å². The summed E-state index contributed by atoms with van der Waals surface area (Å²) in [6, 6.07) is 12.4. The summed E-state index contributed by atoms with van der Waals surface area (Å²) in [5.74, 6) is 1.83. The van der Waals surface area contributed by atoms with Crippen LogP contribution in [0.5, 0.6) is 11.5 Å². The highest BCUT2D eigenvalue weighted by atomic mass is 16.5. The van der Waals surface area contributed by atoms with Crippen molar-refractivity contribution in [2.24, 2.45) is 0 Å². The summed E-state index contributed by atoms with van der Waals surface area (Å²) >= 11 is 0. The largest absolute Gasteiger partial charge is 0.496 e. The van der Waals surface area contributed by atoms with Crippen LogP contribution in [-0.4, -0.2) is 55.8 Å². The molecule has 152 valence electrons. The van der Waals surface area contributed by atoms with Gasteiger partial charge in [-0.1, -0.05) is 18.2 Å². The van der Waals surface area contributed by atoms with Crippen molar-refractivity contribution in [2.45, 2.75) is 32.5 Å². The number of aryl methyl sites for hydroxylation is 1. The maximum Gasteiger partial charge on any atom is 0.123 e.